The van der Waals surface area contributed by atoms with Gasteiger partial charge in [-0.25, -0.2) is 0 Å². The minimum atomic E-state index is 0.0569. The molecule has 0 amide bonds. The fourth-order valence-corrected chi connectivity index (χ4v) is 3.55. The first-order valence-electron chi connectivity index (χ1n) is 8.03. The largest absolute Gasteiger partial charge is 0.496 e. The van der Waals surface area contributed by atoms with Crippen LogP contribution in [-0.4, -0.2) is 12.9 Å². The van der Waals surface area contributed by atoms with Crippen LogP contribution in [0, 0.1) is 0 Å². The van der Waals surface area contributed by atoms with E-state index in [1.54, 1.807) is 7.11 Å². The van der Waals surface area contributed by atoms with Crippen LogP contribution in [0.3, 0.4) is 0 Å². The van der Waals surface area contributed by atoms with Crippen LogP contribution in [-0.2, 0) is 5.41 Å². The van der Waals surface area contributed by atoms with E-state index < -0.39 is 0 Å². The highest BCUT2D eigenvalue weighted by Crippen LogP contribution is 2.42. The Morgan fingerprint density at radius 1 is 1.18 bits per heavy atom. The summed E-state index contributed by atoms with van der Waals surface area (Å²) in [4.78, 5) is 12.6. The summed E-state index contributed by atoms with van der Waals surface area (Å²) in [6.07, 6.45) is 1.55. The van der Waals surface area contributed by atoms with Crippen molar-refractivity contribution in [2.45, 2.75) is 51.9 Å². The Hall–Kier alpha value is -1.83. The first kappa shape index (κ1) is 15.1. The highest BCUT2D eigenvalue weighted by Gasteiger charge is 2.33. The Morgan fingerprint density at radius 3 is 2.55 bits per heavy atom. The van der Waals surface area contributed by atoms with Crippen LogP contribution in [0.15, 0.2) is 24.3 Å². The predicted molar refractivity (Wildman–Crippen MR) is 91.2 cm³/mol. The van der Waals surface area contributed by atoms with Crippen molar-refractivity contribution in [2.75, 3.05) is 7.11 Å². The second-order valence-electron chi connectivity index (χ2n) is 7.27. The molecule has 0 bridgehead atoms. The molecule has 0 unspecified atom stereocenters. The molecule has 116 valence electrons. The van der Waals surface area contributed by atoms with E-state index in [1.165, 1.54) is 11.1 Å². The Morgan fingerprint density at radius 2 is 1.91 bits per heavy atom. The van der Waals surface area contributed by atoms with Crippen molar-refractivity contribution in [3.05, 3.63) is 41.0 Å². The number of hydrogen-bond acceptors (Lipinski definition) is 2. The number of carbonyl (C=O) groups excluding carboxylic acids is 1. The van der Waals surface area contributed by atoms with Gasteiger partial charge in [-0.3, -0.25) is 4.79 Å². The zero-order chi connectivity index (χ0) is 16.1. The van der Waals surface area contributed by atoms with Gasteiger partial charge in [0.1, 0.15) is 5.75 Å². The fourth-order valence-electron chi connectivity index (χ4n) is 3.55. The zero-order valence-electron chi connectivity index (χ0n) is 14.1. The van der Waals surface area contributed by atoms with E-state index in [0.29, 0.717) is 12.3 Å². The Kier molecular flexibility index (Phi) is 3.51. The summed E-state index contributed by atoms with van der Waals surface area (Å²) in [5, 5.41) is 2.17. The van der Waals surface area contributed by atoms with Crippen LogP contribution in [0.25, 0.3) is 10.8 Å². The maximum absolute atomic E-state index is 12.6. The molecule has 2 heteroatoms. The Bertz CT molecular complexity index is 754. The zero-order valence-corrected chi connectivity index (χ0v) is 14.1. The molecule has 0 aromatic heterocycles. The van der Waals surface area contributed by atoms with Gasteiger partial charge in [0.25, 0.3) is 0 Å². The molecule has 3 rings (SSSR count). The quantitative estimate of drug-likeness (QED) is 0.759. The van der Waals surface area contributed by atoms with Crippen molar-refractivity contribution in [2.24, 2.45) is 0 Å². The fraction of sp³-hybridized carbons (Fsp3) is 0.450. The maximum atomic E-state index is 12.6. The molecule has 0 aliphatic heterocycles. The number of fused-ring (bicyclic) bond motifs is 3. The van der Waals surface area contributed by atoms with Gasteiger partial charge in [0.05, 0.1) is 7.11 Å². The van der Waals surface area contributed by atoms with E-state index in [0.717, 1.165) is 28.5 Å². The molecule has 2 aromatic carbocycles. The molecule has 0 spiro atoms. The molecule has 2 nitrogen and oxygen atoms in total. The molecule has 0 saturated carbocycles. The summed E-state index contributed by atoms with van der Waals surface area (Å²) in [7, 11) is 1.70. The van der Waals surface area contributed by atoms with E-state index in [1.807, 2.05) is 0 Å². The van der Waals surface area contributed by atoms with Crippen molar-refractivity contribution in [3.8, 4) is 5.75 Å². The van der Waals surface area contributed by atoms with Crippen LogP contribution in [0.2, 0.25) is 0 Å². The monoisotopic (exact) mass is 296 g/mol. The molecule has 2 aromatic rings. The number of ether oxygens (including phenoxy) is 1. The summed E-state index contributed by atoms with van der Waals surface area (Å²) in [5.74, 6) is 1.54. The smallest absolute Gasteiger partial charge is 0.163 e. The third-order valence-electron chi connectivity index (χ3n) is 4.98. The van der Waals surface area contributed by atoms with Crippen LogP contribution in [0.5, 0.6) is 5.75 Å². The number of Topliss-reactive ketones (excluding diaryl/α,β-unsaturated/α-hetero) is 1. The topological polar surface area (TPSA) is 26.3 Å². The molecule has 0 heterocycles. The minimum Gasteiger partial charge on any atom is -0.496 e. The van der Waals surface area contributed by atoms with Gasteiger partial charge in [-0.2, -0.15) is 0 Å². The first-order valence-corrected chi connectivity index (χ1v) is 8.03. The average Bonchev–Trinajstić information content (AvgIpc) is 2.49. The number of ketones is 1. The second-order valence-corrected chi connectivity index (χ2v) is 7.27. The number of benzene rings is 2. The van der Waals surface area contributed by atoms with E-state index in [9.17, 15) is 4.79 Å². The predicted octanol–water partition coefficient (Wildman–Crippen LogP) is 5.23. The van der Waals surface area contributed by atoms with Gasteiger partial charge in [-0.05, 0) is 51.8 Å². The molecular formula is C20H24O2. The first-order chi connectivity index (χ1) is 10.3. The van der Waals surface area contributed by atoms with Gasteiger partial charge in [-0.15, -0.1) is 0 Å². The van der Waals surface area contributed by atoms with Gasteiger partial charge in [0.2, 0.25) is 0 Å². The highest BCUT2D eigenvalue weighted by molar-refractivity contribution is 6.11. The van der Waals surface area contributed by atoms with Gasteiger partial charge in [-0.1, -0.05) is 39.8 Å². The molecule has 22 heavy (non-hydrogen) atoms. The molecular weight excluding hydrogens is 272 g/mol. The van der Waals surface area contributed by atoms with Crippen molar-refractivity contribution in [1.29, 1.82) is 0 Å². The third-order valence-corrected chi connectivity index (χ3v) is 4.98. The molecule has 0 N–H and O–H groups in total. The molecule has 0 radical (unpaired) electrons. The van der Waals surface area contributed by atoms with Gasteiger partial charge < -0.3 is 4.74 Å². The number of hydrogen-bond donors (Lipinski definition) is 0. The summed E-state index contributed by atoms with van der Waals surface area (Å²) in [6, 6.07) is 8.53. The Balaban J connectivity index is 2.36. The van der Waals surface area contributed by atoms with E-state index in [2.05, 4.69) is 52.0 Å². The Labute approximate surface area is 132 Å². The van der Waals surface area contributed by atoms with Crippen molar-refractivity contribution in [1.82, 2.24) is 0 Å². The molecule has 0 saturated heterocycles. The van der Waals surface area contributed by atoms with Crippen LogP contribution >= 0.6 is 0 Å². The summed E-state index contributed by atoms with van der Waals surface area (Å²) < 4.78 is 5.58. The van der Waals surface area contributed by atoms with Gasteiger partial charge in [0, 0.05) is 12.0 Å². The number of rotatable bonds is 2. The number of methoxy groups -OCH3 is 1. The lowest BCUT2D eigenvalue weighted by atomic mass is 9.71. The lowest BCUT2D eigenvalue weighted by Crippen LogP contribution is -2.27. The summed E-state index contributed by atoms with van der Waals surface area (Å²) >= 11 is 0. The van der Waals surface area contributed by atoms with E-state index >= 15 is 0 Å². The molecule has 1 aliphatic carbocycles. The van der Waals surface area contributed by atoms with Crippen molar-refractivity contribution in [3.63, 3.8) is 0 Å². The molecule has 1 aliphatic rings. The van der Waals surface area contributed by atoms with Crippen LogP contribution in [0.1, 0.15) is 67.9 Å². The highest BCUT2D eigenvalue weighted by atomic mass is 16.5. The lowest BCUT2D eigenvalue weighted by molar-refractivity contribution is 0.0958. The second kappa shape index (κ2) is 5.12. The SMILES string of the molecule is COc1cc2c3c(ccc2cc1C(C)C)C(C)(C)CCC3=O. The maximum Gasteiger partial charge on any atom is 0.163 e. The standard InChI is InChI=1S/C20H24O2/c1-12(2)14-10-13-6-7-16-19(15(13)11-18(14)22-5)17(21)8-9-20(16,3)4/h6-7,10-12H,8-9H2,1-5H3. The molecule has 0 atom stereocenters. The lowest BCUT2D eigenvalue weighted by Gasteiger charge is -2.32. The van der Waals surface area contributed by atoms with Crippen LogP contribution in [0.4, 0.5) is 0 Å². The normalized spacial score (nSPS) is 16.9. The summed E-state index contributed by atoms with van der Waals surface area (Å²) in [6.45, 7) is 8.78. The van der Waals surface area contributed by atoms with Crippen molar-refractivity contribution < 1.29 is 9.53 Å². The average molecular weight is 296 g/mol. The van der Waals surface area contributed by atoms with Crippen LogP contribution < -0.4 is 4.74 Å². The van der Waals surface area contributed by atoms with E-state index in [4.69, 9.17) is 4.74 Å². The van der Waals surface area contributed by atoms with Gasteiger partial charge in [0.15, 0.2) is 5.78 Å². The molecule has 0 fully saturated rings. The van der Waals surface area contributed by atoms with Gasteiger partial charge >= 0.3 is 0 Å². The van der Waals surface area contributed by atoms with Crippen molar-refractivity contribution >= 4 is 16.6 Å². The van der Waals surface area contributed by atoms with E-state index in [-0.39, 0.29) is 11.2 Å². The third kappa shape index (κ3) is 2.22. The number of carbonyl (C=O) groups is 1. The summed E-state index contributed by atoms with van der Waals surface area (Å²) in [5.41, 5.74) is 3.33. The minimum absolute atomic E-state index is 0.0569.